The Hall–Kier alpha value is -1.89. The Kier molecular flexibility index (Phi) is 7.63. The SMILES string of the molecule is Cc1nn(Cc2ccccc2)c2sc(C(=O)N(C)CCC(N)C(C)C)cc12.Cl. The molecule has 3 rings (SSSR count). The Balaban J connectivity index is 0.00000280. The molecule has 2 N–H and O–H groups in total. The van der Waals surface area contributed by atoms with Gasteiger partial charge in [0.05, 0.1) is 17.1 Å². The fourth-order valence-corrected chi connectivity index (χ4v) is 4.20. The summed E-state index contributed by atoms with van der Waals surface area (Å²) in [6, 6.07) is 12.3. The number of aryl methyl sites for hydroxylation is 1. The van der Waals surface area contributed by atoms with Gasteiger partial charge in [-0.15, -0.1) is 23.7 Å². The number of halogens is 1. The average molecular weight is 421 g/mol. The van der Waals surface area contributed by atoms with Crippen LogP contribution in [-0.4, -0.2) is 40.2 Å². The van der Waals surface area contributed by atoms with Crippen molar-refractivity contribution in [2.45, 2.75) is 39.8 Å². The van der Waals surface area contributed by atoms with Gasteiger partial charge in [-0.25, -0.2) is 0 Å². The second-order valence-corrected chi connectivity index (χ2v) is 8.51. The summed E-state index contributed by atoms with van der Waals surface area (Å²) in [7, 11) is 1.85. The van der Waals surface area contributed by atoms with Crippen LogP contribution >= 0.6 is 23.7 Å². The Morgan fingerprint density at radius 2 is 1.96 bits per heavy atom. The molecular formula is C21H29ClN4OS. The largest absolute Gasteiger partial charge is 0.341 e. The van der Waals surface area contributed by atoms with Crippen molar-refractivity contribution >= 4 is 39.9 Å². The zero-order valence-corrected chi connectivity index (χ0v) is 18.5. The summed E-state index contributed by atoms with van der Waals surface area (Å²) in [6.07, 6.45) is 0.811. The quantitative estimate of drug-likeness (QED) is 0.618. The number of carbonyl (C=O) groups is 1. The van der Waals surface area contributed by atoms with Gasteiger partial charge in [0.15, 0.2) is 0 Å². The summed E-state index contributed by atoms with van der Waals surface area (Å²) < 4.78 is 2.00. The molecule has 0 saturated heterocycles. The van der Waals surface area contributed by atoms with Crippen LogP contribution in [0.1, 0.15) is 41.2 Å². The van der Waals surface area contributed by atoms with Crippen LogP contribution in [0.25, 0.3) is 10.2 Å². The minimum atomic E-state index is 0. The zero-order valence-electron chi connectivity index (χ0n) is 16.9. The number of nitrogens with zero attached hydrogens (tertiary/aromatic N) is 3. The molecule has 0 bridgehead atoms. The molecule has 0 aliphatic carbocycles. The molecule has 5 nitrogen and oxygen atoms in total. The third kappa shape index (κ3) is 4.93. The number of carbonyl (C=O) groups excluding carboxylic acids is 1. The Morgan fingerprint density at radius 1 is 1.29 bits per heavy atom. The van der Waals surface area contributed by atoms with Gasteiger partial charge in [-0.3, -0.25) is 9.48 Å². The molecule has 2 aromatic heterocycles. The second kappa shape index (κ2) is 9.54. The second-order valence-electron chi connectivity index (χ2n) is 7.48. The highest BCUT2D eigenvalue weighted by Crippen LogP contribution is 2.29. The fourth-order valence-electron chi connectivity index (χ4n) is 3.05. The van der Waals surface area contributed by atoms with Gasteiger partial charge in [-0.05, 0) is 30.9 Å². The zero-order chi connectivity index (χ0) is 19.6. The first-order chi connectivity index (χ1) is 12.9. The highest BCUT2D eigenvalue weighted by atomic mass is 35.5. The number of benzene rings is 1. The molecule has 152 valence electrons. The number of rotatable bonds is 7. The molecule has 1 amide bonds. The molecule has 0 aliphatic rings. The van der Waals surface area contributed by atoms with Gasteiger partial charge in [0, 0.05) is 25.0 Å². The highest BCUT2D eigenvalue weighted by Gasteiger charge is 2.20. The Morgan fingerprint density at radius 3 is 2.61 bits per heavy atom. The minimum Gasteiger partial charge on any atom is -0.341 e. The lowest BCUT2D eigenvalue weighted by Crippen LogP contribution is -2.34. The lowest BCUT2D eigenvalue weighted by atomic mass is 10.0. The van der Waals surface area contributed by atoms with Gasteiger partial charge < -0.3 is 10.6 Å². The molecule has 0 radical (unpaired) electrons. The molecule has 7 heteroatoms. The monoisotopic (exact) mass is 420 g/mol. The van der Waals surface area contributed by atoms with E-state index in [9.17, 15) is 4.79 Å². The van der Waals surface area contributed by atoms with E-state index in [1.165, 1.54) is 16.9 Å². The summed E-state index contributed by atoms with van der Waals surface area (Å²) in [5, 5.41) is 5.72. The van der Waals surface area contributed by atoms with E-state index >= 15 is 0 Å². The van der Waals surface area contributed by atoms with Crippen LogP contribution in [0, 0.1) is 12.8 Å². The van der Waals surface area contributed by atoms with E-state index in [1.54, 1.807) is 4.90 Å². The van der Waals surface area contributed by atoms with Crippen LogP contribution in [-0.2, 0) is 6.54 Å². The number of hydrogen-bond donors (Lipinski definition) is 1. The number of amides is 1. The minimum absolute atomic E-state index is 0. The van der Waals surface area contributed by atoms with Crippen molar-refractivity contribution in [1.29, 1.82) is 0 Å². The maximum atomic E-state index is 12.8. The van der Waals surface area contributed by atoms with Crippen molar-refractivity contribution in [2.75, 3.05) is 13.6 Å². The van der Waals surface area contributed by atoms with Crippen molar-refractivity contribution < 1.29 is 4.79 Å². The van der Waals surface area contributed by atoms with Gasteiger partial charge >= 0.3 is 0 Å². The number of nitrogens with two attached hydrogens (primary N) is 1. The van der Waals surface area contributed by atoms with E-state index in [-0.39, 0.29) is 24.4 Å². The predicted octanol–water partition coefficient (Wildman–Crippen LogP) is 4.32. The molecule has 1 aromatic carbocycles. The van der Waals surface area contributed by atoms with Gasteiger partial charge in [0.25, 0.3) is 5.91 Å². The lowest BCUT2D eigenvalue weighted by molar-refractivity contribution is 0.0794. The van der Waals surface area contributed by atoms with Crippen LogP contribution in [0.3, 0.4) is 0 Å². The van der Waals surface area contributed by atoms with Crippen LogP contribution < -0.4 is 5.73 Å². The van der Waals surface area contributed by atoms with Crippen molar-refractivity contribution in [3.8, 4) is 0 Å². The molecule has 0 spiro atoms. The number of fused-ring (bicyclic) bond motifs is 1. The maximum Gasteiger partial charge on any atom is 0.263 e. The third-order valence-electron chi connectivity index (χ3n) is 4.99. The van der Waals surface area contributed by atoms with Gasteiger partial charge in [0.2, 0.25) is 0 Å². The molecule has 0 fully saturated rings. The average Bonchev–Trinajstić information content (AvgIpc) is 3.21. The van der Waals surface area contributed by atoms with Crippen LogP contribution in [0.5, 0.6) is 0 Å². The van der Waals surface area contributed by atoms with E-state index in [4.69, 9.17) is 5.73 Å². The first kappa shape index (κ1) is 22.4. The van der Waals surface area contributed by atoms with E-state index in [1.807, 2.05) is 42.9 Å². The van der Waals surface area contributed by atoms with E-state index in [0.29, 0.717) is 19.0 Å². The topological polar surface area (TPSA) is 64.2 Å². The van der Waals surface area contributed by atoms with Crippen LogP contribution in [0.2, 0.25) is 0 Å². The molecule has 1 atom stereocenters. The normalized spacial score (nSPS) is 12.2. The molecular weight excluding hydrogens is 392 g/mol. The van der Waals surface area contributed by atoms with Crippen molar-refractivity contribution in [3.63, 3.8) is 0 Å². The standard InChI is InChI=1S/C21H28N4OS.ClH/c1-14(2)18(22)10-11-24(4)20(26)19-12-17-15(3)23-25(21(17)27-19)13-16-8-6-5-7-9-16;/h5-9,12,14,18H,10-11,13,22H2,1-4H3;1H. The van der Waals surface area contributed by atoms with Gasteiger partial charge in [-0.2, -0.15) is 5.10 Å². The molecule has 2 heterocycles. The molecule has 3 aromatic rings. The van der Waals surface area contributed by atoms with Crippen molar-refractivity contribution in [2.24, 2.45) is 11.7 Å². The first-order valence-corrected chi connectivity index (χ1v) is 10.2. The molecule has 0 aliphatic heterocycles. The Bertz CT molecular complexity index is 919. The summed E-state index contributed by atoms with van der Waals surface area (Å²) >= 11 is 1.52. The molecule has 28 heavy (non-hydrogen) atoms. The van der Waals surface area contributed by atoms with Crippen LogP contribution in [0.4, 0.5) is 0 Å². The van der Waals surface area contributed by atoms with Crippen LogP contribution in [0.15, 0.2) is 36.4 Å². The number of hydrogen-bond acceptors (Lipinski definition) is 4. The summed E-state index contributed by atoms with van der Waals surface area (Å²) in [5.74, 6) is 0.474. The van der Waals surface area contributed by atoms with E-state index in [0.717, 1.165) is 27.2 Å². The van der Waals surface area contributed by atoms with E-state index in [2.05, 4.69) is 31.1 Å². The van der Waals surface area contributed by atoms with Gasteiger partial charge in [0.1, 0.15) is 4.83 Å². The maximum absolute atomic E-state index is 12.8. The lowest BCUT2D eigenvalue weighted by Gasteiger charge is -2.21. The predicted molar refractivity (Wildman–Crippen MR) is 120 cm³/mol. The summed E-state index contributed by atoms with van der Waals surface area (Å²) in [5.41, 5.74) is 8.27. The van der Waals surface area contributed by atoms with Crippen molar-refractivity contribution in [3.05, 3.63) is 52.5 Å². The molecule has 1 unspecified atom stereocenters. The fraction of sp³-hybridized carbons (Fsp3) is 0.429. The first-order valence-electron chi connectivity index (χ1n) is 9.38. The molecule has 0 saturated carbocycles. The third-order valence-corrected chi connectivity index (χ3v) is 6.13. The summed E-state index contributed by atoms with van der Waals surface area (Å²) in [6.45, 7) is 7.59. The number of thiophene rings is 1. The number of aromatic nitrogens is 2. The smallest absolute Gasteiger partial charge is 0.263 e. The Labute approximate surface area is 176 Å². The van der Waals surface area contributed by atoms with Crippen molar-refractivity contribution in [1.82, 2.24) is 14.7 Å². The van der Waals surface area contributed by atoms with Gasteiger partial charge in [-0.1, -0.05) is 44.2 Å². The van der Waals surface area contributed by atoms with E-state index < -0.39 is 0 Å². The summed E-state index contributed by atoms with van der Waals surface area (Å²) in [4.78, 5) is 16.4. The highest BCUT2D eigenvalue weighted by molar-refractivity contribution is 7.20.